The van der Waals surface area contributed by atoms with E-state index in [9.17, 15) is 4.79 Å². The third-order valence-corrected chi connectivity index (χ3v) is 1.81. The van der Waals surface area contributed by atoms with Crippen molar-refractivity contribution in [3.05, 3.63) is 23.7 Å². The average Bonchev–Trinajstić information content (AvgIpc) is 2.51. The molecular formula is C8H7N3O2. The van der Waals surface area contributed by atoms with Crippen LogP contribution in [0.3, 0.4) is 0 Å². The van der Waals surface area contributed by atoms with E-state index >= 15 is 0 Å². The van der Waals surface area contributed by atoms with Crippen LogP contribution in [0.4, 0.5) is 0 Å². The van der Waals surface area contributed by atoms with E-state index in [0.717, 1.165) is 11.1 Å². The predicted octanol–water partition coefficient (Wildman–Crippen LogP) is 0.965. The van der Waals surface area contributed by atoms with Crippen molar-refractivity contribution >= 4 is 17.1 Å². The first-order chi connectivity index (χ1) is 6.18. The van der Waals surface area contributed by atoms with Crippen molar-refractivity contribution in [3.8, 4) is 0 Å². The molecule has 0 atom stereocenters. The third kappa shape index (κ3) is 1.14. The van der Waals surface area contributed by atoms with Crippen molar-refractivity contribution in [2.45, 2.75) is 6.92 Å². The van der Waals surface area contributed by atoms with Crippen LogP contribution >= 0.6 is 0 Å². The van der Waals surface area contributed by atoms with Crippen molar-refractivity contribution in [2.24, 2.45) is 0 Å². The smallest absolute Gasteiger partial charge is 0.354 e. The summed E-state index contributed by atoms with van der Waals surface area (Å²) in [5.41, 5.74) is 2.08. The minimum absolute atomic E-state index is 0.0251. The standard InChI is InChI=1S/C8H7N3O2/c1-4-2-5(8(12)13)11-7-6(4)9-3-10-7/h2-3H,1H3,(H,12,13)(H,9,10,11). The van der Waals surface area contributed by atoms with E-state index in [0.29, 0.717) is 5.65 Å². The SMILES string of the molecule is Cc1cc(C(=O)O)nc2nc[nH]c12. The summed E-state index contributed by atoms with van der Waals surface area (Å²) < 4.78 is 0. The maximum Gasteiger partial charge on any atom is 0.354 e. The van der Waals surface area contributed by atoms with Gasteiger partial charge in [-0.05, 0) is 18.6 Å². The molecular weight excluding hydrogens is 170 g/mol. The van der Waals surface area contributed by atoms with Crippen LogP contribution < -0.4 is 0 Å². The number of imidazole rings is 1. The van der Waals surface area contributed by atoms with Gasteiger partial charge < -0.3 is 10.1 Å². The number of carbonyl (C=O) groups is 1. The molecule has 0 aromatic carbocycles. The molecule has 2 heterocycles. The normalized spacial score (nSPS) is 10.5. The molecule has 0 bridgehead atoms. The van der Waals surface area contributed by atoms with Crippen molar-refractivity contribution in [3.63, 3.8) is 0 Å². The van der Waals surface area contributed by atoms with Crippen LogP contribution in [-0.4, -0.2) is 26.0 Å². The highest BCUT2D eigenvalue weighted by atomic mass is 16.4. The molecule has 0 aliphatic heterocycles. The number of hydrogen-bond acceptors (Lipinski definition) is 3. The number of fused-ring (bicyclic) bond motifs is 1. The van der Waals surface area contributed by atoms with Crippen molar-refractivity contribution in [2.75, 3.05) is 0 Å². The number of nitrogens with zero attached hydrogens (tertiary/aromatic N) is 2. The lowest BCUT2D eigenvalue weighted by molar-refractivity contribution is 0.0691. The Labute approximate surface area is 73.4 Å². The van der Waals surface area contributed by atoms with Crippen LogP contribution in [0.1, 0.15) is 16.1 Å². The average molecular weight is 177 g/mol. The Balaban J connectivity index is 2.77. The van der Waals surface area contributed by atoms with Crippen LogP contribution in [0.25, 0.3) is 11.2 Å². The second kappa shape index (κ2) is 2.55. The Kier molecular flexibility index (Phi) is 1.51. The lowest BCUT2D eigenvalue weighted by Crippen LogP contribution is -2.01. The molecule has 0 saturated heterocycles. The van der Waals surface area contributed by atoms with Crippen molar-refractivity contribution in [1.29, 1.82) is 0 Å². The van der Waals surface area contributed by atoms with Gasteiger partial charge in [0.05, 0.1) is 11.8 Å². The van der Waals surface area contributed by atoms with Gasteiger partial charge in [-0.25, -0.2) is 14.8 Å². The summed E-state index contributed by atoms with van der Waals surface area (Å²) in [4.78, 5) is 21.3. The highest BCUT2D eigenvalue weighted by molar-refractivity contribution is 5.89. The van der Waals surface area contributed by atoms with Gasteiger partial charge in [0, 0.05) is 0 Å². The quantitative estimate of drug-likeness (QED) is 0.680. The summed E-state index contributed by atoms with van der Waals surface area (Å²) in [6.45, 7) is 1.81. The molecule has 0 aliphatic rings. The molecule has 0 fully saturated rings. The Morgan fingerprint density at radius 1 is 1.62 bits per heavy atom. The van der Waals surface area contributed by atoms with Gasteiger partial charge in [0.2, 0.25) is 0 Å². The number of aryl methyl sites for hydroxylation is 1. The number of aromatic amines is 1. The number of H-pyrrole nitrogens is 1. The van der Waals surface area contributed by atoms with Crippen LogP contribution in [0.15, 0.2) is 12.4 Å². The summed E-state index contributed by atoms with van der Waals surface area (Å²) in [6.07, 6.45) is 1.50. The second-order valence-electron chi connectivity index (χ2n) is 2.73. The number of nitrogens with one attached hydrogen (secondary N) is 1. The molecule has 2 N–H and O–H groups in total. The van der Waals surface area contributed by atoms with E-state index in [1.54, 1.807) is 0 Å². The first kappa shape index (κ1) is 7.72. The van der Waals surface area contributed by atoms with Gasteiger partial charge in [0.1, 0.15) is 0 Å². The lowest BCUT2D eigenvalue weighted by atomic mass is 10.2. The molecule has 0 spiro atoms. The molecule has 13 heavy (non-hydrogen) atoms. The number of carboxylic acid groups (broad SMARTS) is 1. The number of pyridine rings is 1. The van der Waals surface area contributed by atoms with Crippen molar-refractivity contribution in [1.82, 2.24) is 15.0 Å². The minimum atomic E-state index is -1.03. The van der Waals surface area contributed by atoms with Gasteiger partial charge in [0.15, 0.2) is 11.3 Å². The highest BCUT2D eigenvalue weighted by Crippen LogP contribution is 2.13. The first-order valence-corrected chi connectivity index (χ1v) is 3.72. The predicted molar refractivity (Wildman–Crippen MR) is 45.6 cm³/mol. The van der Waals surface area contributed by atoms with Crippen LogP contribution in [0, 0.1) is 6.92 Å². The summed E-state index contributed by atoms with van der Waals surface area (Å²) in [5, 5.41) is 8.71. The Bertz CT molecular complexity index is 475. The van der Waals surface area contributed by atoms with Crippen LogP contribution in [0.2, 0.25) is 0 Å². The molecule has 2 aromatic rings. The Morgan fingerprint density at radius 2 is 2.38 bits per heavy atom. The van der Waals surface area contributed by atoms with Crippen molar-refractivity contribution < 1.29 is 9.90 Å². The molecule has 0 saturated carbocycles. The van der Waals surface area contributed by atoms with E-state index in [2.05, 4.69) is 15.0 Å². The third-order valence-electron chi connectivity index (χ3n) is 1.81. The van der Waals surface area contributed by atoms with E-state index in [1.165, 1.54) is 12.4 Å². The zero-order valence-corrected chi connectivity index (χ0v) is 6.90. The number of hydrogen-bond donors (Lipinski definition) is 2. The van der Waals surface area contributed by atoms with E-state index in [-0.39, 0.29) is 5.69 Å². The van der Waals surface area contributed by atoms with Gasteiger partial charge in [-0.1, -0.05) is 0 Å². The zero-order chi connectivity index (χ0) is 9.42. The van der Waals surface area contributed by atoms with Gasteiger partial charge >= 0.3 is 5.97 Å². The topological polar surface area (TPSA) is 78.9 Å². The Morgan fingerprint density at radius 3 is 3.08 bits per heavy atom. The van der Waals surface area contributed by atoms with E-state index in [4.69, 9.17) is 5.11 Å². The molecule has 0 aliphatic carbocycles. The second-order valence-corrected chi connectivity index (χ2v) is 2.73. The molecule has 0 unspecified atom stereocenters. The fraction of sp³-hybridized carbons (Fsp3) is 0.125. The molecule has 5 heteroatoms. The van der Waals surface area contributed by atoms with Gasteiger partial charge in [-0.3, -0.25) is 0 Å². The number of aromatic nitrogens is 3. The number of carboxylic acids is 1. The molecule has 0 amide bonds. The summed E-state index contributed by atoms with van der Waals surface area (Å²) in [5.74, 6) is -1.03. The summed E-state index contributed by atoms with van der Waals surface area (Å²) in [6, 6.07) is 1.52. The van der Waals surface area contributed by atoms with Gasteiger partial charge in [-0.2, -0.15) is 0 Å². The maximum absolute atomic E-state index is 10.6. The highest BCUT2D eigenvalue weighted by Gasteiger charge is 2.09. The molecule has 66 valence electrons. The maximum atomic E-state index is 10.6. The lowest BCUT2D eigenvalue weighted by Gasteiger charge is -1.96. The fourth-order valence-corrected chi connectivity index (χ4v) is 1.20. The van der Waals surface area contributed by atoms with Gasteiger partial charge in [-0.15, -0.1) is 0 Å². The largest absolute Gasteiger partial charge is 0.477 e. The van der Waals surface area contributed by atoms with Crippen LogP contribution in [0.5, 0.6) is 0 Å². The fourth-order valence-electron chi connectivity index (χ4n) is 1.20. The number of aromatic carboxylic acids is 1. The summed E-state index contributed by atoms with van der Waals surface area (Å²) >= 11 is 0. The number of rotatable bonds is 1. The Hall–Kier alpha value is -1.91. The zero-order valence-electron chi connectivity index (χ0n) is 6.90. The molecule has 0 radical (unpaired) electrons. The summed E-state index contributed by atoms with van der Waals surface area (Å²) in [7, 11) is 0. The molecule has 5 nitrogen and oxygen atoms in total. The van der Waals surface area contributed by atoms with Gasteiger partial charge in [0.25, 0.3) is 0 Å². The van der Waals surface area contributed by atoms with E-state index < -0.39 is 5.97 Å². The van der Waals surface area contributed by atoms with E-state index in [1.807, 2.05) is 6.92 Å². The first-order valence-electron chi connectivity index (χ1n) is 3.72. The minimum Gasteiger partial charge on any atom is -0.477 e. The molecule has 2 rings (SSSR count). The monoisotopic (exact) mass is 177 g/mol. The van der Waals surface area contributed by atoms with Crippen LogP contribution in [-0.2, 0) is 0 Å². The molecule has 2 aromatic heterocycles.